The van der Waals surface area contributed by atoms with Gasteiger partial charge in [-0.1, -0.05) is 30.3 Å². The van der Waals surface area contributed by atoms with E-state index in [4.69, 9.17) is 9.47 Å². The van der Waals surface area contributed by atoms with Gasteiger partial charge in [0.15, 0.2) is 0 Å². The first-order chi connectivity index (χ1) is 13.8. The smallest absolute Gasteiger partial charge is 0.251 e. The highest BCUT2D eigenvalue weighted by Gasteiger charge is 2.16. The molecule has 2 aromatic rings. The molecule has 2 aromatic carbocycles. The number of rotatable bonds is 11. The summed E-state index contributed by atoms with van der Waals surface area (Å²) in [7, 11) is -0.515. The molecule has 158 valence electrons. The number of hydrogen-bond donors (Lipinski definition) is 2. The molecule has 0 aliphatic rings. The Hall–Kier alpha value is -2.58. The van der Waals surface area contributed by atoms with Crippen LogP contribution in [0.4, 0.5) is 0 Å². The molecule has 0 saturated heterocycles. The standard InChI is InChI=1S/C21H28N2O5S/c1-16(9-10-17-7-5-4-6-8-17)23-29(25,26)12-11-22-21(24)18-13-19(27-2)15-20(14-18)28-3/h4-8,13-16,23H,9-12H2,1-3H3,(H,22,24)/t16-/m1/s1. The van der Waals surface area contributed by atoms with Gasteiger partial charge in [-0.3, -0.25) is 4.79 Å². The Morgan fingerprint density at radius 2 is 1.66 bits per heavy atom. The van der Waals surface area contributed by atoms with E-state index in [1.807, 2.05) is 37.3 Å². The van der Waals surface area contributed by atoms with Gasteiger partial charge in [0.25, 0.3) is 5.91 Å². The van der Waals surface area contributed by atoms with Crippen molar-refractivity contribution in [1.82, 2.24) is 10.0 Å². The number of nitrogens with one attached hydrogen (secondary N) is 2. The van der Waals surface area contributed by atoms with Crippen LogP contribution < -0.4 is 19.5 Å². The predicted molar refractivity (Wildman–Crippen MR) is 113 cm³/mol. The van der Waals surface area contributed by atoms with E-state index in [0.717, 1.165) is 6.42 Å². The maximum Gasteiger partial charge on any atom is 0.251 e. The lowest BCUT2D eigenvalue weighted by Crippen LogP contribution is -2.38. The molecule has 29 heavy (non-hydrogen) atoms. The van der Waals surface area contributed by atoms with Crippen molar-refractivity contribution in [3.63, 3.8) is 0 Å². The van der Waals surface area contributed by atoms with Crippen molar-refractivity contribution < 1.29 is 22.7 Å². The molecule has 0 heterocycles. The van der Waals surface area contributed by atoms with Crippen molar-refractivity contribution in [2.45, 2.75) is 25.8 Å². The van der Waals surface area contributed by atoms with Crippen LogP contribution in [0.25, 0.3) is 0 Å². The number of methoxy groups -OCH3 is 2. The number of carbonyl (C=O) groups excluding carboxylic acids is 1. The number of benzene rings is 2. The van der Waals surface area contributed by atoms with Crippen LogP contribution in [0.1, 0.15) is 29.3 Å². The molecule has 2 rings (SSSR count). The van der Waals surface area contributed by atoms with Crippen molar-refractivity contribution in [3.8, 4) is 11.5 Å². The van der Waals surface area contributed by atoms with Crippen LogP contribution in [0.15, 0.2) is 48.5 Å². The Bertz CT molecular complexity index is 878. The van der Waals surface area contributed by atoms with Gasteiger partial charge in [-0.2, -0.15) is 0 Å². The first-order valence-corrected chi connectivity index (χ1v) is 11.0. The van der Waals surface area contributed by atoms with Crippen LogP contribution in [-0.2, 0) is 16.4 Å². The number of carbonyl (C=O) groups is 1. The Morgan fingerprint density at radius 3 is 2.24 bits per heavy atom. The summed E-state index contributed by atoms with van der Waals surface area (Å²) in [5, 5.41) is 2.62. The molecule has 0 aliphatic carbocycles. The minimum atomic E-state index is -3.50. The second-order valence-electron chi connectivity index (χ2n) is 6.72. The van der Waals surface area contributed by atoms with E-state index in [2.05, 4.69) is 10.0 Å². The highest BCUT2D eigenvalue weighted by molar-refractivity contribution is 7.89. The van der Waals surface area contributed by atoms with Crippen molar-refractivity contribution in [3.05, 3.63) is 59.7 Å². The minimum absolute atomic E-state index is 0.000896. The number of ether oxygens (including phenoxy) is 2. The molecule has 0 aromatic heterocycles. The SMILES string of the molecule is COc1cc(OC)cc(C(=O)NCCS(=O)(=O)N[C@H](C)CCc2ccccc2)c1. The molecule has 2 N–H and O–H groups in total. The molecule has 0 bridgehead atoms. The van der Waals surface area contributed by atoms with Gasteiger partial charge in [0.05, 0.1) is 20.0 Å². The van der Waals surface area contributed by atoms with E-state index in [0.29, 0.717) is 23.5 Å². The third kappa shape index (κ3) is 7.75. The summed E-state index contributed by atoms with van der Waals surface area (Å²) >= 11 is 0. The van der Waals surface area contributed by atoms with Gasteiger partial charge in [0.2, 0.25) is 10.0 Å². The fraction of sp³-hybridized carbons (Fsp3) is 0.381. The van der Waals surface area contributed by atoms with Gasteiger partial charge < -0.3 is 14.8 Å². The van der Waals surface area contributed by atoms with Crippen LogP contribution in [0.2, 0.25) is 0 Å². The molecular formula is C21H28N2O5S. The lowest BCUT2D eigenvalue weighted by atomic mass is 10.1. The van der Waals surface area contributed by atoms with Gasteiger partial charge in [-0.15, -0.1) is 0 Å². The summed E-state index contributed by atoms with van der Waals surface area (Å²) in [6, 6.07) is 14.5. The van der Waals surface area contributed by atoms with Gasteiger partial charge in [-0.25, -0.2) is 13.1 Å². The average Bonchev–Trinajstić information content (AvgIpc) is 2.72. The molecule has 1 amide bonds. The van der Waals surface area contributed by atoms with Crippen LogP contribution in [0.3, 0.4) is 0 Å². The van der Waals surface area contributed by atoms with E-state index < -0.39 is 15.9 Å². The fourth-order valence-electron chi connectivity index (χ4n) is 2.79. The summed E-state index contributed by atoms with van der Waals surface area (Å²) in [6.45, 7) is 1.83. The molecule has 0 unspecified atom stereocenters. The number of sulfonamides is 1. The highest BCUT2D eigenvalue weighted by atomic mass is 32.2. The van der Waals surface area contributed by atoms with Crippen LogP contribution in [0, 0.1) is 0 Å². The van der Waals surface area contributed by atoms with E-state index in [-0.39, 0.29) is 18.3 Å². The third-order valence-electron chi connectivity index (χ3n) is 4.36. The van der Waals surface area contributed by atoms with Crippen LogP contribution in [0.5, 0.6) is 11.5 Å². The molecule has 0 aliphatic heterocycles. The zero-order chi connectivity index (χ0) is 21.3. The first kappa shape index (κ1) is 22.7. The molecule has 0 saturated carbocycles. The second-order valence-corrected chi connectivity index (χ2v) is 8.59. The summed E-state index contributed by atoms with van der Waals surface area (Å²) in [5.74, 6) is 0.372. The van der Waals surface area contributed by atoms with Gasteiger partial charge in [-0.05, 0) is 37.5 Å². The molecule has 8 heteroatoms. The van der Waals surface area contributed by atoms with E-state index in [9.17, 15) is 13.2 Å². The lowest BCUT2D eigenvalue weighted by Gasteiger charge is -2.15. The summed E-state index contributed by atoms with van der Waals surface area (Å²) in [6.07, 6.45) is 1.48. The quantitative estimate of drug-likeness (QED) is 0.582. The third-order valence-corrected chi connectivity index (χ3v) is 5.86. The monoisotopic (exact) mass is 420 g/mol. The molecular weight excluding hydrogens is 392 g/mol. The van der Waals surface area contributed by atoms with Gasteiger partial charge in [0.1, 0.15) is 11.5 Å². The normalized spacial score (nSPS) is 12.2. The van der Waals surface area contributed by atoms with Gasteiger partial charge in [0, 0.05) is 24.2 Å². The van der Waals surface area contributed by atoms with Crippen molar-refractivity contribution in [2.75, 3.05) is 26.5 Å². The van der Waals surface area contributed by atoms with E-state index >= 15 is 0 Å². The Morgan fingerprint density at radius 1 is 1.03 bits per heavy atom. The number of amides is 1. The fourth-order valence-corrected chi connectivity index (χ4v) is 4.01. The maximum absolute atomic E-state index is 12.3. The molecule has 1 atom stereocenters. The second kappa shape index (κ2) is 10.8. The molecule has 0 radical (unpaired) electrons. The van der Waals surface area contributed by atoms with Crippen molar-refractivity contribution >= 4 is 15.9 Å². The Kier molecular flexibility index (Phi) is 8.48. The first-order valence-electron chi connectivity index (χ1n) is 9.38. The topological polar surface area (TPSA) is 93.7 Å². The van der Waals surface area contributed by atoms with E-state index in [1.165, 1.54) is 19.8 Å². The zero-order valence-corrected chi connectivity index (χ0v) is 17.8. The van der Waals surface area contributed by atoms with Crippen LogP contribution in [-0.4, -0.2) is 46.9 Å². The predicted octanol–water partition coefficient (Wildman–Crippen LogP) is 2.37. The maximum atomic E-state index is 12.3. The van der Waals surface area contributed by atoms with Crippen LogP contribution >= 0.6 is 0 Å². The summed E-state index contributed by atoms with van der Waals surface area (Å²) < 4.78 is 37.5. The lowest BCUT2D eigenvalue weighted by molar-refractivity contribution is 0.0955. The Balaban J connectivity index is 1.81. The highest BCUT2D eigenvalue weighted by Crippen LogP contribution is 2.22. The van der Waals surface area contributed by atoms with Crippen molar-refractivity contribution in [1.29, 1.82) is 0 Å². The van der Waals surface area contributed by atoms with E-state index in [1.54, 1.807) is 18.2 Å². The zero-order valence-electron chi connectivity index (χ0n) is 17.0. The number of aryl methyl sites for hydroxylation is 1. The average molecular weight is 421 g/mol. The molecule has 0 fully saturated rings. The minimum Gasteiger partial charge on any atom is -0.497 e. The van der Waals surface area contributed by atoms with Gasteiger partial charge >= 0.3 is 0 Å². The molecule has 0 spiro atoms. The number of hydrogen-bond acceptors (Lipinski definition) is 5. The molecule has 7 nitrogen and oxygen atoms in total. The summed E-state index contributed by atoms with van der Waals surface area (Å²) in [5.41, 5.74) is 1.50. The Labute approximate surface area is 172 Å². The summed E-state index contributed by atoms with van der Waals surface area (Å²) in [4.78, 5) is 12.3. The largest absolute Gasteiger partial charge is 0.497 e. The van der Waals surface area contributed by atoms with Crippen molar-refractivity contribution in [2.24, 2.45) is 0 Å².